The van der Waals surface area contributed by atoms with E-state index < -0.39 is 6.10 Å². The third-order valence-corrected chi connectivity index (χ3v) is 4.20. The Morgan fingerprint density at radius 2 is 2.00 bits per heavy atom. The lowest BCUT2D eigenvalue weighted by molar-refractivity contribution is -0.122. The van der Waals surface area contributed by atoms with Crippen LogP contribution >= 0.6 is 0 Å². The number of carbonyl (C=O) groups is 2. The summed E-state index contributed by atoms with van der Waals surface area (Å²) in [6, 6.07) is 14.9. The van der Waals surface area contributed by atoms with Gasteiger partial charge in [0.1, 0.15) is 5.75 Å². The molecule has 1 N–H and O–H groups in total. The lowest BCUT2D eigenvalue weighted by Gasteiger charge is -2.21. The maximum atomic E-state index is 12.5. The Kier molecular flexibility index (Phi) is 5.03. The fourth-order valence-corrected chi connectivity index (χ4v) is 2.90. The van der Waals surface area contributed by atoms with Gasteiger partial charge in [0.25, 0.3) is 5.91 Å². The van der Waals surface area contributed by atoms with Crippen LogP contribution in [0.3, 0.4) is 0 Å². The van der Waals surface area contributed by atoms with Gasteiger partial charge >= 0.3 is 0 Å². The number of hydrogen-bond donors (Lipinski definition) is 1. The van der Waals surface area contributed by atoms with Crippen LogP contribution in [0.4, 0.5) is 11.4 Å². The summed E-state index contributed by atoms with van der Waals surface area (Å²) in [6.07, 6.45) is 0.743. The summed E-state index contributed by atoms with van der Waals surface area (Å²) in [5.41, 5.74) is 2.44. The van der Waals surface area contributed by atoms with Crippen LogP contribution in [0.1, 0.15) is 25.3 Å². The minimum absolute atomic E-state index is 0.0887. The lowest BCUT2D eigenvalue weighted by Crippen LogP contribution is -2.31. The molecule has 25 heavy (non-hydrogen) atoms. The molecule has 2 amide bonds. The average Bonchev–Trinajstić information content (AvgIpc) is 3.01. The van der Waals surface area contributed by atoms with Crippen molar-refractivity contribution in [3.63, 3.8) is 0 Å². The molecule has 0 radical (unpaired) electrons. The van der Waals surface area contributed by atoms with Crippen molar-refractivity contribution in [1.82, 2.24) is 0 Å². The van der Waals surface area contributed by atoms with Crippen LogP contribution in [0.2, 0.25) is 0 Å². The van der Waals surface area contributed by atoms with E-state index in [0.717, 1.165) is 17.7 Å². The van der Waals surface area contributed by atoms with Gasteiger partial charge < -0.3 is 15.0 Å². The number of benzene rings is 2. The first-order valence-corrected chi connectivity index (χ1v) is 8.48. The highest BCUT2D eigenvalue weighted by atomic mass is 16.5. The Morgan fingerprint density at radius 3 is 2.72 bits per heavy atom. The second kappa shape index (κ2) is 7.38. The lowest BCUT2D eigenvalue weighted by atomic mass is 10.2. The first kappa shape index (κ1) is 17.0. The van der Waals surface area contributed by atoms with Crippen LogP contribution in [0.5, 0.6) is 5.75 Å². The highest BCUT2D eigenvalue weighted by Crippen LogP contribution is 2.29. The van der Waals surface area contributed by atoms with Gasteiger partial charge in [-0.3, -0.25) is 9.59 Å². The third-order valence-electron chi connectivity index (χ3n) is 4.20. The molecule has 1 heterocycles. The van der Waals surface area contributed by atoms with Crippen molar-refractivity contribution in [3.05, 3.63) is 54.1 Å². The van der Waals surface area contributed by atoms with Crippen LogP contribution < -0.4 is 15.0 Å². The highest BCUT2D eigenvalue weighted by Gasteiger charge is 2.25. The molecule has 2 aromatic carbocycles. The average molecular weight is 338 g/mol. The number of aryl methyl sites for hydroxylation is 1. The topological polar surface area (TPSA) is 58.6 Å². The Morgan fingerprint density at radius 1 is 1.20 bits per heavy atom. The summed E-state index contributed by atoms with van der Waals surface area (Å²) in [5.74, 6) is 0.497. The molecule has 0 bridgehead atoms. The summed E-state index contributed by atoms with van der Waals surface area (Å²) in [6.45, 7) is 4.36. The standard InChI is InChI=1S/C20H22N2O3/c1-14-7-5-8-16(13-14)25-15(2)20(24)21-17-9-3-4-10-18(17)22-12-6-11-19(22)23/h3-5,7-10,13,15H,6,11-12H2,1-2H3,(H,21,24). The van der Waals surface area contributed by atoms with Gasteiger partial charge in [-0.15, -0.1) is 0 Å². The van der Waals surface area contributed by atoms with Gasteiger partial charge in [0, 0.05) is 13.0 Å². The number of carbonyl (C=O) groups excluding carboxylic acids is 2. The highest BCUT2D eigenvalue weighted by molar-refractivity contribution is 6.03. The molecule has 5 heteroatoms. The van der Waals surface area contributed by atoms with Crippen molar-refractivity contribution in [3.8, 4) is 5.75 Å². The summed E-state index contributed by atoms with van der Waals surface area (Å²) in [4.78, 5) is 26.2. The van der Waals surface area contributed by atoms with E-state index in [1.807, 2.05) is 49.4 Å². The van der Waals surface area contributed by atoms with E-state index in [2.05, 4.69) is 5.32 Å². The van der Waals surface area contributed by atoms with Crippen molar-refractivity contribution >= 4 is 23.2 Å². The second-order valence-electron chi connectivity index (χ2n) is 6.23. The van der Waals surface area contributed by atoms with Crippen LogP contribution in [0.25, 0.3) is 0 Å². The zero-order chi connectivity index (χ0) is 17.8. The van der Waals surface area contributed by atoms with Crippen molar-refractivity contribution in [2.45, 2.75) is 32.8 Å². The van der Waals surface area contributed by atoms with Gasteiger partial charge in [0.2, 0.25) is 5.91 Å². The van der Waals surface area contributed by atoms with Crippen molar-refractivity contribution in [2.24, 2.45) is 0 Å². The molecule has 3 rings (SSSR count). The Bertz CT molecular complexity index is 788. The van der Waals surface area contributed by atoms with Gasteiger partial charge in [0.15, 0.2) is 6.10 Å². The number of rotatable bonds is 5. The molecule has 1 unspecified atom stereocenters. The molecule has 1 aliphatic heterocycles. The molecule has 0 aliphatic carbocycles. The van der Waals surface area contributed by atoms with E-state index in [-0.39, 0.29) is 11.8 Å². The first-order valence-electron chi connectivity index (χ1n) is 8.48. The molecule has 0 aromatic heterocycles. The van der Waals surface area contributed by atoms with Gasteiger partial charge in [-0.1, -0.05) is 24.3 Å². The zero-order valence-electron chi connectivity index (χ0n) is 14.5. The molecule has 1 fully saturated rings. The summed E-state index contributed by atoms with van der Waals surface area (Å²) in [7, 11) is 0. The number of ether oxygens (including phenoxy) is 1. The SMILES string of the molecule is Cc1cccc(OC(C)C(=O)Nc2ccccc2N2CCCC2=O)c1. The van der Waals surface area contributed by atoms with E-state index in [9.17, 15) is 9.59 Å². The maximum Gasteiger partial charge on any atom is 0.265 e. The molecule has 2 aromatic rings. The molecule has 0 spiro atoms. The molecular weight excluding hydrogens is 316 g/mol. The fourth-order valence-electron chi connectivity index (χ4n) is 2.90. The summed E-state index contributed by atoms with van der Waals surface area (Å²) in [5, 5.41) is 2.88. The van der Waals surface area contributed by atoms with Crippen molar-refractivity contribution in [2.75, 3.05) is 16.8 Å². The first-order chi connectivity index (χ1) is 12.0. The van der Waals surface area contributed by atoms with Crippen molar-refractivity contribution in [1.29, 1.82) is 0 Å². The van der Waals surface area contributed by atoms with Crippen molar-refractivity contribution < 1.29 is 14.3 Å². The summed E-state index contributed by atoms with van der Waals surface area (Å²) >= 11 is 0. The zero-order valence-corrected chi connectivity index (χ0v) is 14.5. The van der Waals surface area contributed by atoms with Gasteiger partial charge in [-0.05, 0) is 50.1 Å². The van der Waals surface area contributed by atoms with E-state index in [1.165, 1.54) is 0 Å². The molecule has 0 saturated carbocycles. The Hall–Kier alpha value is -2.82. The van der Waals surface area contributed by atoms with Gasteiger partial charge in [-0.2, -0.15) is 0 Å². The van der Waals surface area contributed by atoms with E-state index in [0.29, 0.717) is 24.4 Å². The number of hydrogen-bond acceptors (Lipinski definition) is 3. The number of amides is 2. The minimum atomic E-state index is -0.649. The smallest absolute Gasteiger partial charge is 0.265 e. The Labute approximate surface area is 147 Å². The second-order valence-corrected chi connectivity index (χ2v) is 6.23. The van der Waals surface area contributed by atoms with Crippen LogP contribution in [0.15, 0.2) is 48.5 Å². The number of nitrogens with one attached hydrogen (secondary N) is 1. The van der Waals surface area contributed by atoms with Crippen LogP contribution in [-0.2, 0) is 9.59 Å². The van der Waals surface area contributed by atoms with Gasteiger partial charge in [0.05, 0.1) is 11.4 Å². The quantitative estimate of drug-likeness (QED) is 0.907. The molecular formula is C20H22N2O3. The predicted octanol–water partition coefficient (Wildman–Crippen LogP) is 3.53. The van der Waals surface area contributed by atoms with E-state index in [1.54, 1.807) is 17.9 Å². The van der Waals surface area contributed by atoms with Crippen LogP contribution in [0, 0.1) is 6.92 Å². The molecule has 130 valence electrons. The predicted molar refractivity (Wildman–Crippen MR) is 97.9 cm³/mol. The van der Waals surface area contributed by atoms with Gasteiger partial charge in [-0.25, -0.2) is 0 Å². The summed E-state index contributed by atoms with van der Waals surface area (Å²) < 4.78 is 5.72. The minimum Gasteiger partial charge on any atom is -0.481 e. The fraction of sp³-hybridized carbons (Fsp3) is 0.300. The Balaban J connectivity index is 1.71. The van der Waals surface area contributed by atoms with Crippen LogP contribution in [-0.4, -0.2) is 24.5 Å². The maximum absolute atomic E-state index is 12.5. The third kappa shape index (κ3) is 3.99. The van der Waals surface area contributed by atoms with E-state index >= 15 is 0 Å². The molecule has 1 aliphatic rings. The normalized spacial score (nSPS) is 15.1. The number of para-hydroxylation sites is 2. The van der Waals surface area contributed by atoms with E-state index in [4.69, 9.17) is 4.74 Å². The number of nitrogens with zero attached hydrogens (tertiary/aromatic N) is 1. The molecule has 1 saturated heterocycles. The molecule has 5 nitrogen and oxygen atoms in total. The largest absolute Gasteiger partial charge is 0.481 e. The number of anilines is 2. The molecule has 1 atom stereocenters. The monoisotopic (exact) mass is 338 g/mol.